The Morgan fingerprint density at radius 3 is 2.44 bits per heavy atom. The van der Waals surface area contributed by atoms with E-state index in [4.69, 9.17) is 0 Å². The van der Waals surface area contributed by atoms with Crippen molar-refractivity contribution in [1.82, 2.24) is 0 Å². The lowest BCUT2D eigenvalue weighted by molar-refractivity contribution is -0.142. The fourth-order valence-electron chi connectivity index (χ4n) is 1.86. The van der Waals surface area contributed by atoms with E-state index in [1.165, 1.54) is 22.9 Å². The molecule has 0 atom stereocenters. The first-order chi connectivity index (χ1) is 7.53. The molecule has 0 heterocycles. The zero-order valence-corrected chi connectivity index (χ0v) is 10.4. The van der Waals surface area contributed by atoms with E-state index in [-0.39, 0.29) is 0 Å². The van der Waals surface area contributed by atoms with E-state index in [0.717, 1.165) is 24.2 Å². The maximum absolute atomic E-state index is 11.2. The Hall–Kier alpha value is -0.960. The van der Waals surface area contributed by atoms with Crippen LogP contribution in [0.4, 0.5) is 0 Å². The van der Waals surface area contributed by atoms with Gasteiger partial charge in [0.15, 0.2) is 0 Å². The van der Waals surface area contributed by atoms with E-state index < -0.39 is 10.7 Å². The summed E-state index contributed by atoms with van der Waals surface area (Å²) in [4.78, 5) is 12.3. The van der Waals surface area contributed by atoms with E-state index in [9.17, 15) is 9.90 Å². The minimum absolute atomic E-state index is 0.554. The SMILES string of the molecule is Cc1ccc(SC2(C(=O)O)CCC2)cc1C. The van der Waals surface area contributed by atoms with Crippen LogP contribution in [0.15, 0.2) is 23.1 Å². The van der Waals surface area contributed by atoms with Gasteiger partial charge in [0.25, 0.3) is 0 Å². The number of aliphatic carboxylic acids is 1. The zero-order chi connectivity index (χ0) is 11.8. The molecule has 0 radical (unpaired) electrons. The van der Waals surface area contributed by atoms with Crippen LogP contribution in [0.3, 0.4) is 0 Å². The van der Waals surface area contributed by atoms with Crippen LogP contribution < -0.4 is 0 Å². The molecule has 0 bridgehead atoms. The van der Waals surface area contributed by atoms with Crippen LogP contribution in [0.25, 0.3) is 0 Å². The third kappa shape index (κ3) is 1.96. The standard InChI is InChI=1S/C13H16O2S/c1-9-4-5-11(8-10(9)2)16-13(12(14)15)6-3-7-13/h4-5,8H,3,6-7H2,1-2H3,(H,14,15). The maximum atomic E-state index is 11.2. The van der Waals surface area contributed by atoms with Crippen LogP contribution in [-0.2, 0) is 4.79 Å². The number of rotatable bonds is 3. The van der Waals surface area contributed by atoms with Gasteiger partial charge >= 0.3 is 5.97 Å². The molecule has 2 rings (SSSR count). The first kappa shape index (κ1) is 11.5. The molecule has 1 fully saturated rings. The maximum Gasteiger partial charge on any atom is 0.320 e. The van der Waals surface area contributed by atoms with Gasteiger partial charge in [0.2, 0.25) is 0 Å². The normalized spacial score (nSPS) is 17.9. The van der Waals surface area contributed by atoms with Gasteiger partial charge in [-0.2, -0.15) is 0 Å². The molecule has 0 unspecified atom stereocenters. The van der Waals surface area contributed by atoms with E-state index in [0.29, 0.717) is 0 Å². The van der Waals surface area contributed by atoms with Crippen molar-refractivity contribution >= 4 is 17.7 Å². The number of aryl methyl sites for hydroxylation is 2. The van der Waals surface area contributed by atoms with Crippen molar-refractivity contribution in [3.8, 4) is 0 Å². The van der Waals surface area contributed by atoms with Crippen molar-refractivity contribution in [2.24, 2.45) is 0 Å². The Morgan fingerprint density at radius 1 is 1.31 bits per heavy atom. The molecule has 86 valence electrons. The molecular formula is C13H16O2S. The van der Waals surface area contributed by atoms with Crippen molar-refractivity contribution in [1.29, 1.82) is 0 Å². The number of thioether (sulfide) groups is 1. The summed E-state index contributed by atoms with van der Waals surface area (Å²) in [6.07, 6.45) is 2.62. The second-order valence-electron chi connectivity index (χ2n) is 4.50. The molecule has 16 heavy (non-hydrogen) atoms. The Labute approximate surface area is 100 Å². The zero-order valence-electron chi connectivity index (χ0n) is 9.62. The summed E-state index contributed by atoms with van der Waals surface area (Å²) >= 11 is 1.51. The lowest BCUT2D eigenvalue weighted by Gasteiger charge is -2.36. The summed E-state index contributed by atoms with van der Waals surface area (Å²) in [5, 5.41) is 9.25. The van der Waals surface area contributed by atoms with Crippen LogP contribution in [0.2, 0.25) is 0 Å². The highest BCUT2D eigenvalue weighted by Gasteiger charge is 2.45. The Morgan fingerprint density at radius 2 is 2.00 bits per heavy atom. The number of hydrogen-bond donors (Lipinski definition) is 1. The monoisotopic (exact) mass is 236 g/mol. The molecule has 1 aromatic carbocycles. The van der Waals surface area contributed by atoms with Gasteiger partial charge in [-0.05, 0) is 56.4 Å². The van der Waals surface area contributed by atoms with E-state index in [2.05, 4.69) is 26.0 Å². The van der Waals surface area contributed by atoms with Crippen molar-refractivity contribution in [2.75, 3.05) is 0 Å². The number of benzene rings is 1. The average molecular weight is 236 g/mol. The fourth-order valence-corrected chi connectivity index (χ4v) is 3.26. The molecular weight excluding hydrogens is 220 g/mol. The second-order valence-corrected chi connectivity index (χ2v) is 5.96. The second kappa shape index (κ2) is 4.13. The third-order valence-corrected chi connectivity index (χ3v) is 4.81. The van der Waals surface area contributed by atoms with Crippen LogP contribution in [-0.4, -0.2) is 15.8 Å². The molecule has 0 aliphatic heterocycles. The minimum atomic E-state index is -0.665. The van der Waals surface area contributed by atoms with Crippen LogP contribution in [0, 0.1) is 13.8 Å². The quantitative estimate of drug-likeness (QED) is 0.874. The summed E-state index contributed by atoms with van der Waals surface area (Å²) in [6.45, 7) is 4.13. The Bertz CT molecular complexity index is 422. The number of carboxylic acids is 1. The predicted molar refractivity (Wildman–Crippen MR) is 66.0 cm³/mol. The summed E-state index contributed by atoms with van der Waals surface area (Å²) in [6, 6.07) is 6.17. The Kier molecular flexibility index (Phi) is 2.98. The minimum Gasteiger partial charge on any atom is -0.480 e. The van der Waals surface area contributed by atoms with Gasteiger partial charge in [-0.1, -0.05) is 6.07 Å². The number of hydrogen-bond acceptors (Lipinski definition) is 2. The molecule has 1 saturated carbocycles. The average Bonchev–Trinajstić information content (AvgIpc) is 2.16. The van der Waals surface area contributed by atoms with Crippen molar-refractivity contribution in [2.45, 2.75) is 42.8 Å². The summed E-state index contributed by atoms with van der Waals surface area (Å²) < 4.78 is -0.554. The third-order valence-electron chi connectivity index (χ3n) is 3.34. The molecule has 0 saturated heterocycles. The van der Waals surface area contributed by atoms with Crippen LogP contribution in [0.5, 0.6) is 0 Å². The smallest absolute Gasteiger partial charge is 0.320 e. The molecule has 0 spiro atoms. The van der Waals surface area contributed by atoms with Crippen molar-refractivity contribution in [3.05, 3.63) is 29.3 Å². The first-order valence-electron chi connectivity index (χ1n) is 5.53. The molecule has 0 amide bonds. The highest BCUT2D eigenvalue weighted by atomic mass is 32.2. The van der Waals surface area contributed by atoms with Gasteiger partial charge in [0, 0.05) is 4.90 Å². The molecule has 1 aromatic rings. The highest BCUT2D eigenvalue weighted by molar-refractivity contribution is 8.01. The van der Waals surface area contributed by atoms with Crippen molar-refractivity contribution < 1.29 is 9.90 Å². The molecule has 1 aliphatic carbocycles. The molecule has 3 heteroatoms. The predicted octanol–water partition coefficient (Wildman–Crippen LogP) is 3.40. The molecule has 0 aromatic heterocycles. The van der Waals surface area contributed by atoms with Crippen LogP contribution >= 0.6 is 11.8 Å². The summed E-state index contributed by atoms with van der Waals surface area (Å²) in [5.41, 5.74) is 2.48. The van der Waals surface area contributed by atoms with Gasteiger partial charge in [0.05, 0.1) is 0 Å². The van der Waals surface area contributed by atoms with Gasteiger partial charge in [-0.25, -0.2) is 0 Å². The van der Waals surface area contributed by atoms with Crippen molar-refractivity contribution in [3.63, 3.8) is 0 Å². The first-order valence-corrected chi connectivity index (χ1v) is 6.35. The van der Waals surface area contributed by atoms with E-state index in [1.807, 2.05) is 6.07 Å². The van der Waals surface area contributed by atoms with Gasteiger partial charge in [-0.15, -0.1) is 11.8 Å². The lowest BCUT2D eigenvalue weighted by Crippen LogP contribution is -2.41. The van der Waals surface area contributed by atoms with Gasteiger partial charge in [0.1, 0.15) is 4.75 Å². The van der Waals surface area contributed by atoms with Gasteiger partial charge < -0.3 is 5.11 Å². The highest BCUT2D eigenvalue weighted by Crippen LogP contribution is 2.47. The summed E-state index contributed by atoms with van der Waals surface area (Å²) in [5.74, 6) is -0.665. The fraction of sp³-hybridized carbons (Fsp3) is 0.462. The van der Waals surface area contributed by atoms with Gasteiger partial charge in [-0.3, -0.25) is 4.79 Å². The largest absolute Gasteiger partial charge is 0.480 e. The van der Waals surface area contributed by atoms with E-state index >= 15 is 0 Å². The Balaban J connectivity index is 2.20. The topological polar surface area (TPSA) is 37.3 Å². The molecule has 1 N–H and O–H groups in total. The molecule has 1 aliphatic rings. The lowest BCUT2D eigenvalue weighted by atomic mass is 9.84. The van der Waals surface area contributed by atoms with Crippen LogP contribution in [0.1, 0.15) is 30.4 Å². The molecule has 2 nitrogen and oxygen atoms in total. The summed E-state index contributed by atoms with van der Waals surface area (Å²) in [7, 11) is 0. The number of carbonyl (C=O) groups is 1. The number of carboxylic acid groups (broad SMARTS) is 1. The van der Waals surface area contributed by atoms with E-state index in [1.54, 1.807) is 0 Å².